The van der Waals surface area contributed by atoms with Crippen LogP contribution in [0.5, 0.6) is 0 Å². The minimum atomic E-state index is -4.54. The lowest BCUT2D eigenvalue weighted by Crippen LogP contribution is -2.25. The Labute approximate surface area is 147 Å². The van der Waals surface area contributed by atoms with Crippen LogP contribution in [0.3, 0.4) is 0 Å². The van der Waals surface area contributed by atoms with Gasteiger partial charge in [-0.1, -0.05) is 36.9 Å². The molecule has 0 bridgehead atoms. The predicted molar refractivity (Wildman–Crippen MR) is 86.8 cm³/mol. The van der Waals surface area contributed by atoms with Crippen molar-refractivity contribution < 1.29 is 32.4 Å². The maximum absolute atomic E-state index is 11.9. The van der Waals surface area contributed by atoms with Gasteiger partial charge in [0.1, 0.15) is 9.72 Å². The maximum Gasteiger partial charge on any atom is 0.296 e. The lowest BCUT2D eigenvalue weighted by molar-refractivity contribution is -0.432. The SMILES string of the molecule is Cc1cc(S(=O)(=O)O)c(NC(=O)C(Br)CBr)cc1SOOO. The summed E-state index contributed by atoms with van der Waals surface area (Å²) in [6.45, 7) is 1.55. The van der Waals surface area contributed by atoms with Crippen molar-refractivity contribution >= 4 is 65.6 Å². The van der Waals surface area contributed by atoms with Crippen LogP contribution in [0.4, 0.5) is 5.69 Å². The van der Waals surface area contributed by atoms with Gasteiger partial charge in [0, 0.05) is 10.2 Å². The summed E-state index contributed by atoms with van der Waals surface area (Å²) >= 11 is 6.80. The number of amides is 1. The molecule has 0 spiro atoms. The number of nitrogens with one attached hydrogen (secondary N) is 1. The molecule has 1 aromatic carbocycles. The van der Waals surface area contributed by atoms with Crippen LogP contribution in [0, 0.1) is 6.92 Å². The fraction of sp³-hybridized carbons (Fsp3) is 0.300. The fourth-order valence-corrected chi connectivity index (χ4v) is 2.98. The lowest BCUT2D eigenvalue weighted by Gasteiger charge is -2.14. The third kappa shape index (κ3) is 5.45. The second-order valence-electron chi connectivity index (χ2n) is 3.93. The maximum atomic E-state index is 11.9. The molecule has 22 heavy (non-hydrogen) atoms. The summed E-state index contributed by atoms with van der Waals surface area (Å²) in [6, 6.07) is 2.43. The Kier molecular flexibility index (Phi) is 7.74. The molecule has 1 atom stereocenters. The number of alkyl halides is 2. The zero-order valence-electron chi connectivity index (χ0n) is 10.9. The number of carbonyl (C=O) groups is 1. The van der Waals surface area contributed by atoms with E-state index in [1.54, 1.807) is 6.92 Å². The zero-order valence-corrected chi connectivity index (χ0v) is 15.8. The highest BCUT2D eigenvalue weighted by atomic mass is 79.9. The van der Waals surface area contributed by atoms with Crippen molar-refractivity contribution in [3.63, 3.8) is 0 Å². The first-order chi connectivity index (χ1) is 10.2. The first-order valence-electron chi connectivity index (χ1n) is 5.48. The second kappa shape index (κ2) is 8.59. The van der Waals surface area contributed by atoms with E-state index in [4.69, 9.17) is 5.26 Å². The van der Waals surface area contributed by atoms with E-state index in [0.29, 0.717) is 27.8 Å². The summed E-state index contributed by atoms with van der Waals surface area (Å²) in [7, 11) is -4.54. The molecule has 8 nitrogen and oxygen atoms in total. The highest BCUT2D eigenvalue weighted by Gasteiger charge is 2.22. The summed E-state index contributed by atoms with van der Waals surface area (Å²) in [5.41, 5.74) is 0.288. The van der Waals surface area contributed by atoms with Crippen molar-refractivity contribution in [1.29, 1.82) is 0 Å². The van der Waals surface area contributed by atoms with E-state index in [-0.39, 0.29) is 5.69 Å². The molecule has 0 aliphatic carbocycles. The molecule has 1 unspecified atom stereocenters. The van der Waals surface area contributed by atoms with Gasteiger partial charge in [-0.3, -0.25) is 9.35 Å². The molecule has 1 aromatic rings. The molecule has 0 aliphatic heterocycles. The normalized spacial score (nSPS) is 13.0. The first kappa shape index (κ1) is 19.8. The monoisotopic (exact) mass is 479 g/mol. The van der Waals surface area contributed by atoms with Crippen LogP contribution in [0.15, 0.2) is 21.9 Å². The van der Waals surface area contributed by atoms with Crippen molar-refractivity contribution in [2.45, 2.75) is 21.5 Å². The molecule has 0 aromatic heterocycles. The fourth-order valence-electron chi connectivity index (χ4n) is 1.40. The number of anilines is 1. The van der Waals surface area contributed by atoms with Crippen LogP contribution < -0.4 is 5.32 Å². The van der Waals surface area contributed by atoms with Gasteiger partial charge in [0.05, 0.1) is 17.7 Å². The Hall–Kier alpha value is -0.210. The number of rotatable bonds is 7. The van der Waals surface area contributed by atoms with Crippen LogP contribution >= 0.6 is 43.9 Å². The molecule has 124 valence electrons. The Balaban J connectivity index is 3.28. The summed E-state index contributed by atoms with van der Waals surface area (Å²) in [6.07, 6.45) is 0. The summed E-state index contributed by atoms with van der Waals surface area (Å²) in [5.74, 6) is -0.513. The average Bonchev–Trinajstić information content (AvgIpc) is 2.45. The smallest absolute Gasteiger partial charge is 0.296 e. The van der Waals surface area contributed by atoms with Crippen molar-refractivity contribution in [2.24, 2.45) is 0 Å². The molecule has 3 N–H and O–H groups in total. The largest absolute Gasteiger partial charge is 0.324 e. The van der Waals surface area contributed by atoms with E-state index in [1.807, 2.05) is 0 Å². The van der Waals surface area contributed by atoms with Crippen molar-refractivity contribution in [2.75, 3.05) is 10.6 Å². The standard InChI is InChI=1S/C10H11Br2NO7S2/c1-5-2-9(22(16,17)18)7(3-8(5)21-20-19-15)13-10(14)6(12)4-11/h2-3,6,15H,4H2,1H3,(H,13,14)(H,16,17,18). The van der Waals surface area contributed by atoms with Crippen molar-refractivity contribution in [1.82, 2.24) is 0 Å². The lowest BCUT2D eigenvalue weighted by atomic mass is 10.2. The molecule has 0 saturated carbocycles. The molecule has 0 heterocycles. The Bertz CT molecular complexity index is 653. The third-order valence-corrected chi connectivity index (χ3v) is 6.28. The molecule has 0 radical (unpaired) electrons. The van der Waals surface area contributed by atoms with Gasteiger partial charge in [-0.05, 0) is 24.6 Å². The topological polar surface area (TPSA) is 122 Å². The van der Waals surface area contributed by atoms with Gasteiger partial charge in [0.25, 0.3) is 10.1 Å². The van der Waals surface area contributed by atoms with Crippen LogP contribution in [0.1, 0.15) is 5.56 Å². The second-order valence-corrected chi connectivity index (χ2v) is 7.81. The van der Waals surface area contributed by atoms with E-state index in [0.717, 1.165) is 6.07 Å². The quantitative estimate of drug-likeness (QED) is 0.179. The van der Waals surface area contributed by atoms with Gasteiger partial charge in [-0.25, -0.2) is 5.26 Å². The van der Waals surface area contributed by atoms with E-state index in [9.17, 15) is 17.8 Å². The van der Waals surface area contributed by atoms with E-state index in [2.05, 4.69) is 46.5 Å². The molecular weight excluding hydrogens is 470 g/mol. The predicted octanol–water partition coefficient (Wildman–Crippen LogP) is 2.77. The zero-order chi connectivity index (χ0) is 16.9. The van der Waals surface area contributed by atoms with E-state index in [1.165, 1.54) is 6.07 Å². The Morgan fingerprint density at radius 1 is 1.50 bits per heavy atom. The Morgan fingerprint density at radius 2 is 2.14 bits per heavy atom. The number of hydrogen-bond acceptors (Lipinski definition) is 7. The molecule has 1 rings (SSSR count). The average molecular weight is 481 g/mol. The van der Waals surface area contributed by atoms with Crippen LogP contribution in [0.25, 0.3) is 0 Å². The minimum absolute atomic E-state index is 0.132. The summed E-state index contributed by atoms with van der Waals surface area (Å²) in [5, 5.41) is 14.3. The highest BCUT2D eigenvalue weighted by Crippen LogP contribution is 2.32. The van der Waals surface area contributed by atoms with Gasteiger partial charge in [0.2, 0.25) is 5.91 Å². The van der Waals surface area contributed by atoms with Crippen LogP contribution in [-0.2, 0) is 24.3 Å². The summed E-state index contributed by atoms with van der Waals surface area (Å²) in [4.78, 5) is 11.2. The molecule has 0 aliphatic rings. The molecular formula is C10H11Br2NO7S2. The number of halogens is 2. The van der Waals surface area contributed by atoms with Gasteiger partial charge < -0.3 is 5.32 Å². The van der Waals surface area contributed by atoms with Crippen LogP contribution in [-0.4, -0.2) is 34.3 Å². The van der Waals surface area contributed by atoms with Gasteiger partial charge in [-0.2, -0.15) is 8.42 Å². The first-order valence-corrected chi connectivity index (χ1v) is 9.70. The molecule has 0 saturated heterocycles. The number of benzene rings is 1. The van der Waals surface area contributed by atoms with Gasteiger partial charge in [0.15, 0.2) is 0 Å². The number of aryl methyl sites for hydroxylation is 1. The van der Waals surface area contributed by atoms with Gasteiger partial charge >= 0.3 is 0 Å². The molecule has 0 fully saturated rings. The van der Waals surface area contributed by atoms with E-state index >= 15 is 0 Å². The third-order valence-electron chi connectivity index (χ3n) is 2.39. The van der Waals surface area contributed by atoms with Gasteiger partial charge in [-0.15, -0.1) is 4.33 Å². The molecule has 1 amide bonds. The summed E-state index contributed by atoms with van der Waals surface area (Å²) < 4.78 is 36.4. The number of hydrogen-bond donors (Lipinski definition) is 3. The van der Waals surface area contributed by atoms with E-state index < -0.39 is 25.7 Å². The van der Waals surface area contributed by atoms with Crippen molar-refractivity contribution in [3.05, 3.63) is 17.7 Å². The highest BCUT2D eigenvalue weighted by molar-refractivity contribution is 9.12. The minimum Gasteiger partial charge on any atom is -0.324 e. The Morgan fingerprint density at radius 3 is 2.64 bits per heavy atom. The number of carbonyl (C=O) groups excluding carboxylic acids is 1. The molecule has 12 heteroatoms. The van der Waals surface area contributed by atoms with Crippen molar-refractivity contribution in [3.8, 4) is 0 Å². The van der Waals surface area contributed by atoms with Crippen LogP contribution in [0.2, 0.25) is 0 Å².